The maximum absolute atomic E-state index is 5.60. The first kappa shape index (κ1) is 13.7. The molecule has 1 aliphatic heterocycles. The lowest BCUT2D eigenvalue weighted by Gasteiger charge is -2.09. The number of nitrogens with zero attached hydrogens (tertiary/aromatic N) is 1. The monoisotopic (exact) mass is 288 g/mol. The van der Waals surface area contributed by atoms with Gasteiger partial charge in [-0.1, -0.05) is 29.8 Å². The molecule has 0 aliphatic carbocycles. The molecule has 106 valence electrons. The molecular weight excluding hydrogens is 268 g/mol. The molecule has 1 atom stereocenters. The van der Waals surface area contributed by atoms with Gasteiger partial charge in [-0.25, -0.2) is 4.98 Å². The highest BCUT2D eigenvalue weighted by Gasteiger charge is 2.14. The van der Waals surface area contributed by atoms with E-state index in [0.717, 1.165) is 30.4 Å². The van der Waals surface area contributed by atoms with E-state index in [4.69, 9.17) is 4.74 Å². The quantitative estimate of drug-likeness (QED) is 0.915. The molecule has 1 fully saturated rings. The Hall–Kier alpha value is -1.23. The van der Waals surface area contributed by atoms with Crippen molar-refractivity contribution in [2.24, 2.45) is 0 Å². The third-order valence-electron chi connectivity index (χ3n) is 3.55. The van der Waals surface area contributed by atoms with Gasteiger partial charge in [0.15, 0.2) is 0 Å². The molecule has 2 aromatic rings. The molecule has 3 rings (SSSR count). The van der Waals surface area contributed by atoms with Crippen LogP contribution in [0.1, 0.15) is 24.1 Å². The zero-order valence-electron chi connectivity index (χ0n) is 11.8. The molecule has 0 radical (unpaired) electrons. The Morgan fingerprint density at radius 1 is 1.35 bits per heavy atom. The molecule has 1 unspecified atom stereocenters. The first-order valence-corrected chi connectivity index (χ1v) is 8.03. The fraction of sp³-hybridized carbons (Fsp3) is 0.438. The van der Waals surface area contributed by atoms with Crippen LogP contribution in [0.3, 0.4) is 0 Å². The zero-order valence-corrected chi connectivity index (χ0v) is 12.6. The van der Waals surface area contributed by atoms with Crippen molar-refractivity contribution in [2.75, 3.05) is 13.2 Å². The van der Waals surface area contributed by atoms with Crippen LogP contribution in [0.5, 0.6) is 0 Å². The van der Waals surface area contributed by atoms with E-state index < -0.39 is 0 Å². The minimum atomic E-state index is 0.394. The molecule has 0 bridgehead atoms. The summed E-state index contributed by atoms with van der Waals surface area (Å²) in [5, 5.41) is 6.67. The molecule has 1 aliphatic rings. The smallest absolute Gasteiger partial charge is 0.123 e. The minimum absolute atomic E-state index is 0.394. The number of aromatic nitrogens is 1. The second kappa shape index (κ2) is 6.48. The van der Waals surface area contributed by atoms with E-state index in [1.807, 2.05) is 0 Å². The molecule has 20 heavy (non-hydrogen) atoms. The summed E-state index contributed by atoms with van der Waals surface area (Å²) >= 11 is 1.71. The van der Waals surface area contributed by atoms with Gasteiger partial charge < -0.3 is 10.1 Å². The predicted molar refractivity (Wildman–Crippen MR) is 83.0 cm³/mol. The van der Waals surface area contributed by atoms with Gasteiger partial charge in [-0.2, -0.15) is 0 Å². The Balaban J connectivity index is 1.55. The average molecular weight is 288 g/mol. The van der Waals surface area contributed by atoms with Crippen LogP contribution in [0.25, 0.3) is 10.6 Å². The van der Waals surface area contributed by atoms with Crippen LogP contribution in [0.15, 0.2) is 29.6 Å². The number of aryl methyl sites for hydroxylation is 1. The number of benzene rings is 1. The molecule has 2 heterocycles. The van der Waals surface area contributed by atoms with E-state index in [1.165, 1.54) is 24.0 Å². The van der Waals surface area contributed by atoms with Crippen molar-refractivity contribution in [3.63, 3.8) is 0 Å². The second-order valence-electron chi connectivity index (χ2n) is 5.28. The predicted octanol–water partition coefficient (Wildman–Crippen LogP) is 3.39. The van der Waals surface area contributed by atoms with Gasteiger partial charge in [-0.15, -0.1) is 11.3 Å². The molecule has 1 saturated heterocycles. The molecule has 1 aromatic carbocycles. The SMILES string of the molecule is Cc1ccc(-c2nc(CNCC3CCCO3)cs2)cc1. The number of thiazole rings is 1. The standard InChI is InChI=1S/C16H20N2OS/c1-12-4-6-13(7-5-12)16-18-14(11-20-16)9-17-10-15-3-2-8-19-15/h4-7,11,15,17H,2-3,8-10H2,1H3. The zero-order chi connectivity index (χ0) is 13.8. The van der Waals surface area contributed by atoms with Gasteiger partial charge in [0, 0.05) is 30.6 Å². The summed E-state index contributed by atoms with van der Waals surface area (Å²) < 4.78 is 5.60. The summed E-state index contributed by atoms with van der Waals surface area (Å²) in [6.45, 7) is 4.77. The maximum Gasteiger partial charge on any atom is 0.123 e. The van der Waals surface area contributed by atoms with Crippen LogP contribution in [-0.2, 0) is 11.3 Å². The Kier molecular flexibility index (Phi) is 4.45. The summed E-state index contributed by atoms with van der Waals surface area (Å²) in [5.41, 5.74) is 3.60. The van der Waals surface area contributed by atoms with Crippen molar-refractivity contribution in [3.05, 3.63) is 40.9 Å². The van der Waals surface area contributed by atoms with Crippen LogP contribution in [0, 0.1) is 6.92 Å². The summed E-state index contributed by atoms with van der Waals surface area (Å²) in [4.78, 5) is 4.69. The molecule has 0 spiro atoms. The van der Waals surface area contributed by atoms with Crippen molar-refractivity contribution in [2.45, 2.75) is 32.4 Å². The van der Waals surface area contributed by atoms with Gasteiger partial charge in [0.1, 0.15) is 5.01 Å². The molecule has 1 N–H and O–H groups in total. The van der Waals surface area contributed by atoms with E-state index in [0.29, 0.717) is 6.10 Å². The van der Waals surface area contributed by atoms with Crippen molar-refractivity contribution in [3.8, 4) is 10.6 Å². The lowest BCUT2D eigenvalue weighted by molar-refractivity contribution is 0.110. The number of hydrogen-bond acceptors (Lipinski definition) is 4. The maximum atomic E-state index is 5.60. The van der Waals surface area contributed by atoms with Crippen molar-refractivity contribution < 1.29 is 4.74 Å². The lowest BCUT2D eigenvalue weighted by atomic mass is 10.2. The van der Waals surface area contributed by atoms with Gasteiger partial charge in [-0.05, 0) is 19.8 Å². The fourth-order valence-electron chi connectivity index (χ4n) is 2.38. The highest BCUT2D eigenvalue weighted by atomic mass is 32.1. The van der Waals surface area contributed by atoms with Gasteiger partial charge in [-0.3, -0.25) is 0 Å². The first-order chi connectivity index (χ1) is 9.81. The third kappa shape index (κ3) is 3.45. The van der Waals surface area contributed by atoms with E-state index in [2.05, 4.69) is 46.9 Å². The molecule has 1 aromatic heterocycles. The molecule has 0 saturated carbocycles. The van der Waals surface area contributed by atoms with Crippen LogP contribution >= 0.6 is 11.3 Å². The Morgan fingerprint density at radius 3 is 2.95 bits per heavy atom. The largest absolute Gasteiger partial charge is 0.377 e. The minimum Gasteiger partial charge on any atom is -0.377 e. The highest BCUT2D eigenvalue weighted by molar-refractivity contribution is 7.13. The van der Waals surface area contributed by atoms with Crippen molar-refractivity contribution >= 4 is 11.3 Å². The number of ether oxygens (including phenoxy) is 1. The summed E-state index contributed by atoms with van der Waals surface area (Å²) in [6, 6.07) is 8.54. The summed E-state index contributed by atoms with van der Waals surface area (Å²) in [7, 11) is 0. The molecular formula is C16H20N2OS. The van der Waals surface area contributed by atoms with E-state index in [9.17, 15) is 0 Å². The van der Waals surface area contributed by atoms with Crippen LogP contribution < -0.4 is 5.32 Å². The highest BCUT2D eigenvalue weighted by Crippen LogP contribution is 2.24. The second-order valence-corrected chi connectivity index (χ2v) is 6.13. The average Bonchev–Trinajstić information content (AvgIpc) is 3.11. The Morgan fingerprint density at radius 2 is 2.20 bits per heavy atom. The Labute approximate surface area is 124 Å². The Bertz CT molecular complexity index is 544. The van der Waals surface area contributed by atoms with Gasteiger partial charge in [0.05, 0.1) is 11.8 Å². The normalized spacial score (nSPS) is 18.6. The first-order valence-electron chi connectivity index (χ1n) is 7.15. The van der Waals surface area contributed by atoms with Crippen LogP contribution in [0.4, 0.5) is 0 Å². The summed E-state index contributed by atoms with van der Waals surface area (Å²) in [5.74, 6) is 0. The molecule has 4 heteroatoms. The topological polar surface area (TPSA) is 34.2 Å². The van der Waals surface area contributed by atoms with E-state index in [-0.39, 0.29) is 0 Å². The summed E-state index contributed by atoms with van der Waals surface area (Å²) in [6.07, 6.45) is 2.77. The van der Waals surface area contributed by atoms with Gasteiger partial charge >= 0.3 is 0 Å². The fourth-order valence-corrected chi connectivity index (χ4v) is 3.21. The van der Waals surface area contributed by atoms with Crippen LogP contribution in [0.2, 0.25) is 0 Å². The molecule has 0 amide bonds. The van der Waals surface area contributed by atoms with Gasteiger partial charge in [0.25, 0.3) is 0 Å². The van der Waals surface area contributed by atoms with Crippen LogP contribution in [-0.4, -0.2) is 24.2 Å². The number of nitrogens with one attached hydrogen (secondary N) is 1. The van der Waals surface area contributed by atoms with Gasteiger partial charge in [0.2, 0.25) is 0 Å². The van der Waals surface area contributed by atoms with Crippen molar-refractivity contribution in [1.29, 1.82) is 0 Å². The van der Waals surface area contributed by atoms with E-state index >= 15 is 0 Å². The van der Waals surface area contributed by atoms with Crippen molar-refractivity contribution in [1.82, 2.24) is 10.3 Å². The third-order valence-corrected chi connectivity index (χ3v) is 4.49. The lowest BCUT2D eigenvalue weighted by Crippen LogP contribution is -2.25. The molecule has 3 nitrogen and oxygen atoms in total. The van der Waals surface area contributed by atoms with E-state index in [1.54, 1.807) is 11.3 Å². The number of hydrogen-bond donors (Lipinski definition) is 1. The number of rotatable bonds is 5.